The van der Waals surface area contributed by atoms with Crippen LogP contribution in [0.1, 0.15) is 67.8 Å². The monoisotopic (exact) mass is 502 g/mol. The van der Waals surface area contributed by atoms with Crippen LogP contribution in [0.5, 0.6) is 0 Å². The number of amides is 3. The lowest BCUT2D eigenvalue weighted by Gasteiger charge is -2.34. The van der Waals surface area contributed by atoms with E-state index in [1.54, 1.807) is 12.1 Å². The van der Waals surface area contributed by atoms with Crippen molar-refractivity contribution in [1.82, 2.24) is 5.32 Å². The summed E-state index contributed by atoms with van der Waals surface area (Å²) in [4.78, 5) is 28.1. The number of nitrogens with one attached hydrogen (secondary N) is 3. The zero-order chi connectivity index (χ0) is 25.7. The molecule has 0 unspecified atom stereocenters. The molecule has 0 radical (unpaired) electrons. The fourth-order valence-corrected chi connectivity index (χ4v) is 4.90. The van der Waals surface area contributed by atoms with Gasteiger partial charge in [-0.05, 0) is 68.0 Å². The molecule has 3 amide bonds. The van der Waals surface area contributed by atoms with Gasteiger partial charge in [-0.25, -0.2) is 4.79 Å². The Kier molecular flexibility index (Phi) is 8.06. The number of alkyl halides is 3. The lowest BCUT2D eigenvalue weighted by Crippen LogP contribution is -2.38. The molecule has 6 nitrogen and oxygen atoms in total. The van der Waals surface area contributed by atoms with Gasteiger partial charge >= 0.3 is 12.2 Å². The van der Waals surface area contributed by atoms with E-state index in [1.807, 2.05) is 6.07 Å². The summed E-state index contributed by atoms with van der Waals surface area (Å²) in [6, 6.07) is 9.11. The number of piperidine rings is 1. The minimum Gasteiger partial charge on any atom is -0.371 e. The van der Waals surface area contributed by atoms with Gasteiger partial charge < -0.3 is 20.9 Å². The number of anilines is 3. The second-order valence-electron chi connectivity index (χ2n) is 9.87. The summed E-state index contributed by atoms with van der Waals surface area (Å²) in [5.74, 6) is 0.471. The van der Waals surface area contributed by atoms with Crippen molar-refractivity contribution in [3.8, 4) is 0 Å². The lowest BCUT2D eigenvalue weighted by atomic mass is 9.95. The van der Waals surface area contributed by atoms with Crippen LogP contribution in [-0.4, -0.2) is 31.1 Å². The maximum Gasteiger partial charge on any atom is 0.416 e. The van der Waals surface area contributed by atoms with Gasteiger partial charge in [-0.15, -0.1) is 0 Å². The fourth-order valence-electron chi connectivity index (χ4n) is 4.90. The van der Waals surface area contributed by atoms with Crippen molar-refractivity contribution < 1.29 is 22.8 Å². The molecule has 9 heteroatoms. The topological polar surface area (TPSA) is 73.5 Å². The maximum absolute atomic E-state index is 13.3. The maximum atomic E-state index is 13.3. The highest BCUT2D eigenvalue weighted by atomic mass is 19.4. The van der Waals surface area contributed by atoms with Crippen LogP contribution in [0.25, 0.3) is 0 Å². The Labute approximate surface area is 209 Å². The van der Waals surface area contributed by atoms with Crippen molar-refractivity contribution in [3.63, 3.8) is 0 Å². The number of benzene rings is 2. The number of carbonyl (C=O) groups excluding carboxylic acids is 2. The third-order valence-electron chi connectivity index (χ3n) is 7.01. The number of urea groups is 1. The summed E-state index contributed by atoms with van der Waals surface area (Å²) in [6.07, 6.45) is 2.88. The average Bonchev–Trinajstić information content (AvgIpc) is 2.85. The van der Waals surface area contributed by atoms with Gasteiger partial charge in [0, 0.05) is 36.2 Å². The van der Waals surface area contributed by atoms with Gasteiger partial charge in [-0.2, -0.15) is 13.2 Å². The molecule has 1 aliphatic carbocycles. The van der Waals surface area contributed by atoms with Crippen LogP contribution in [0.2, 0.25) is 0 Å². The molecule has 0 aromatic heterocycles. The largest absolute Gasteiger partial charge is 0.416 e. The number of halogens is 3. The number of hydrogen-bond acceptors (Lipinski definition) is 3. The predicted molar refractivity (Wildman–Crippen MR) is 135 cm³/mol. The Bertz CT molecular complexity index is 1070. The SMILES string of the molecule is CC1CCN(c2ccc(NC(=O)Nc3cccc(C(F)(F)F)c3)cc2C(=O)NC2CCCCC2)CC1. The van der Waals surface area contributed by atoms with Crippen molar-refractivity contribution in [2.75, 3.05) is 28.6 Å². The van der Waals surface area contributed by atoms with E-state index in [0.717, 1.165) is 69.4 Å². The second kappa shape index (κ2) is 11.2. The third kappa shape index (κ3) is 6.71. The Hall–Kier alpha value is -3.23. The van der Waals surface area contributed by atoms with Crippen molar-refractivity contribution >= 4 is 29.0 Å². The number of rotatable bonds is 5. The first kappa shape index (κ1) is 25.9. The molecule has 1 aliphatic heterocycles. The van der Waals surface area contributed by atoms with Crippen LogP contribution in [0.4, 0.5) is 35.0 Å². The van der Waals surface area contributed by atoms with E-state index in [1.165, 1.54) is 18.6 Å². The minimum atomic E-state index is -4.50. The van der Waals surface area contributed by atoms with Gasteiger partial charge in [-0.1, -0.05) is 32.3 Å². The lowest BCUT2D eigenvalue weighted by molar-refractivity contribution is -0.137. The summed E-state index contributed by atoms with van der Waals surface area (Å²) >= 11 is 0. The zero-order valence-corrected chi connectivity index (χ0v) is 20.5. The van der Waals surface area contributed by atoms with E-state index in [9.17, 15) is 22.8 Å². The first-order valence-corrected chi connectivity index (χ1v) is 12.6. The quantitative estimate of drug-likeness (QED) is 0.429. The average molecular weight is 503 g/mol. The molecule has 2 aromatic carbocycles. The van der Waals surface area contributed by atoms with Gasteiger partial charge in [0.15, 0.2) is 0 Å². The molecule has 2 aliphatic rings. The second-order valence-corrected chi connectivity index (χ2v) is 9.87. The van der Waals surface area contributed by atoms with Gasteiger partial charge in [0.1, 0.15) is 0 Å². The summed E-state index contributed by atoms with van der Waals surface area (Å²) in [6.45, 7) is 3.94. The smallest absolute Gasteiger partial charge is 0.371 e. The number of carbonyl (C=O) groups is 2. The Morgan fingerprint density at radius 1 is 0.889 bits per heavy atom. The van der Waals surface area contributed by atoms with Crippen molar-refractivity contribution in [1.29, 1.82) is 0 Å². The molecule has 0 atom stereocenters. The molecule has 36 heavy (non-hydrogen) atoms. The summed E-state index contributed by atoms with van der Waals surface area (Å²) in [5.41, 5.74) is 0.896. The Balaban J connectivity index is 1.51. The van der Waals surface area contributed by atoms with Crippen molar-refractivity contribution in [3.05, 3.63) is 53.6 Å². The highest BCUT2D eigenvalue weighted by molar-refractivity contribution is 6.04. The highest BCUT2D eigenvalue weighted by Crippen LogP contribution is 2.31. The normalized spacial score (nSPS) is 17.5. The summed E-state index contributed by atoms with van der Waals surface area (Å²) in [7, 11) is 0. The van der Waals surface area contributed by atoms with Crippen LogP contribution in [0.3, 0.4) is 0 Å². The molecule has 0 spiro atoms. The van der Waals surface area contributed by atoms with Crippen LogP contribution in [-0.2, 0) is 6.18 Å². The fraction of sp³-hybridized carbons (Fsp3) is 0.481. The van der Waals surface area contributed by atoms with Crippen molar-refractivity contribution in [2.45, 2.75) is 64.1 Å². The third-order valence-corrected chi connectivity index (χ3v) is 7.01. The van der Waals surface area contributed by atoms with E-state index in [4.69, 9.17) is 0 Å². The van der Waals surface area contributed by atoms with Gasteiger partial charge in [-0.3, -0.25) is 4.79 Å². The summed E-state index contributed by atoms with van der Waals surface area (Å²) in [5, 5.41) is 8.26. The molecule has 3 N–H and O–H groups in total. The van der Waals surface area contributed by atoms with E-state index >= 15 is 0 Å². The number of hydrogen-bond donors (Lipinski definition) is 3. The standard InChI is InChI=1S/C27H33F3N4O2/c1-18-12-14-34(15-13-18)24-11-10-22(17-23(24)25(35)31-20-7-3-2-4-8-20)33-26(36)32-21-9-5-6-19(16-21)27(28,29)30/h5-6,9-11,16-18,20H,2-4,7-8,12-15H2,1H3,(H,31,35)(H2,32,33,36). The first-order valence-electron chi connectivity index (χ1n) is 12.6. The minimum absolute atomic E-state index is 0.0247. The molecule has 1 saturated heterocycles. The van der Waals surface area contributed by atoms with Crippen LogP contribution >= 0.6 is 0 Å². The van der Waals surface area contributed by atoms with Crippen molar-refractivity contribution in [2.24, 2.45) is 5.92 Å². The molecule has 2 fully saturated rings. The molecule has 194 valence electrons. The molecule has 1 heterocycles. The molecule has 1 saturated carbocycles. The van der Waals surface area contributed by atoms with E-state index in [0.29, 0.717) is 17.2 Å². The molecular formula is C27H33F3N4O2. The Morgan fingerprint density at radius 3 is 2.22 bits per heavy atom. The molecule has 2 aromatic rings. The van der Waals surface area contributed by atoms with Gasteiger partial charge in [0.05, 0.1) is 11.1 Å². The van der Waals surface area contributed by atoms with Crippen LogP contribution in [0.15, 0.2) is 42.5 Å². The van der Waals surface area contributed by atoms with Crippen LogP contribution in [0, 0.1) is 5.92 Å². The molecule has 4 rings (SSSR count). The van der Waals surface area contributed by atoms with E-state index < -0.39 is 17.8 Å². The first-order chi connectivity index (χ1) is 17.2. The van der Waals surface area contributed by atoms with Crippen LogP contribution < -0.4 is 20.9 Å². The predicted octanol–water partition coefficient (Wildman–Crippen LogP) is 6.65. The zero-order valence-electron chi connectivity index (χ0n) is 20.5. The molecular weight excluding hydrogens is 469 g/mol. The summed E-state index contributed by atoms with van der Waals surface area (Å²) < 4.78 is 38.9. The number of nitrogens with zero attached hydrogens (tertiary/aromatic N) is 1. The van der Waals surface area contributed by atoms with Gasteiger partial charge in [0.2, 0.25) is 0 Å². The van der Waals surface area contributed by atoms with E-state index in [2.05, 4.69) is 27.8 Å². The van der Waals surface area contributed by atoms with E-state index in [-0.39, 0.29) is 17.6 Å². The Morgan fingerprint density at radius 2 is 1.56 bits per heavy atom. The molecule has 0 bridgehead atoms. The van der Waals surface area contributed by atoms with Gasteiger partial charge in [0.25, 0.3) is 5.91 Å². The highest BCUT2D eigenvalue weighted by Gasteiger charge is 2.30.